The summed E-state index contributed by atoms with van der Waals surface area (Å²) >= 11 is 2.98. The summed E-state index contributed by atoms with van der Waals surface area (Å²) in [5.41, 5.74) is 7.36. The second kappa shape index (κ2) is 5.39. The highest BCUT2D eigenvalue weighted by molar-refractivity contribution is 7.98. The van der Waals surface area contributed by atoms with Gasteiger partial charge in [0.15, 0.2) is 0 Å². The van der Waals surface area contributed by atoms with E-state index in [4.69, 9.17) is 5.73 Å². The molecule has 3 N–H and O–H groups in total. The van der Waals surface area contributed by atoms with Gasteiger partial charge in [-0.3, -0.25) is 9.48 Å². The molecular formula is C12H13N5OS2. The van der Waals surface area contributed by atoms with E-state index in [2.05, 4.69) is 15.1 Å². The molecule has 0 amide bonds. The summed E-state index contributed by atoms with van der Waals surface area (Å²) in [6.07, 6.45) is 1.79. The van der Waals surface area contributed by atoms with E-state index in [0.29, 0.717) is 22.8 Å². The molecule has 0 aliphatic rings. The maximum atomic E-state index is 11.9. The number of aromatic amines is 1. The van der Waals surface area contributed by atoms with Gasteiger partial charge in [-0.25, -0.2) is 4.98 Å². The number of hydrogen-bond donors (Lipinski definition) is 2. The summed E-state index contributed by atoms with van der Waals surface area (Å²) in [5, 5.41) is 6.06. The van der Waals surface area contributed by atoms with Gasteiger partial charge in [0.1, 0.15) is 10.5 Å². The van der Waals surface area contributed by atoms with Crippen LogP contribution in [-0.4, -0.2) is 19.7 Å². The first-order valence-corrected chi connectivity index (χ1v) is 7.85. The standard InChI is InChI=1S/C12H13N5OS2/c1-17-8(4-13)9(5-14-17)20-6-10-15-7-2-3-19-11(7)12(18)16-10/h2-3,5H,4,6,13H2,1H3,(H,15,16,18). The zero-order valence-corrected chi connectivity index (χ0v) is 12.4. The van der Waals surface area contributed by atoms with Crippen molar-refractivity contribution in [3.05, 3.63) is 39.5 Å². The van der Waals surface area contributed by atoms with E-state index in [1.807, 2.05) is 18.5 Å². The van der Waals surface area contributed by atoms with Gasteiger partial charge in [-0.05, 0) is 11.4 Å². The van der Waals surface area contributed by atoms with Crippen molar-refractivity contribution >= 4 is 33.3 Å². The largest absolute Gasteiger partial charge is 0.325 e. The lowest BCUT2D eigenvalue weighted by Crippen LogP contribution is -2.09. The minimum Gasteiger partial charge on any atom is -0.325 e. The zero-order valence-electron chi connectivity index (χ0n) is 10.8. The Balaban J connectivity index is 1.84. The van der Waals surface area contributed by atoms with Crippen LogP contribution in [0.4, 0.5) is 0 Å². The quantitative estimate of drug-likeness (QED) is 0.712. The minimum absolute atomic E-state index is 0.0779. The highest BCUT2D eigenvalue weighted by atomic mass is 32.2. The lowest BCUT2D eigenvalue weighted by atomic mass is 10.4. The van der Waals surface area contributed by atoms with Crippen molar-refractivity contribution in [3.8, 4) is 0 Å². The molecule has 0 fully saturated rings. The molecule has 104 valence electrons. The molecule has 3 aromatic heterocycles. The van der Waals surface area contributed by atoms with Gasteiger partial charge in [0.2, 0.25) is 0 Å². The number of nitrogens with two attached hydrogens (primary N) is 1. The van der Waals surface area contributed by atoms with Crippen molar-refractivity contribution in [2.75, 3.05) is 0 Å². The van der Waals surface area contributed by atoms with Gasteiger partial charge < -0.3 is 10.7 Å². The molecule has 0 saturated heterocycles. The topological polar surface area (TPSA) is 89.6 Å². The summed E-state index contributed by atoms with van der Waals surface area (Å²) in [7, 11) is 1.86. The Morgan fingerprint density at radius 2 is 2.40 bits per heavy atom. The molecular weight excluding hydrogens is 294 g/mol. The molecule has 3 rings (SSSR count). The molecule has 0 radical (unpaired) electrons. The summed E-state index contributed by atoms with van der Waals surface area (Å²) < 4.78 is 2.43. The molecule has 0 aliphatic carbocycles. The first-order chi connectivity index (χ1) is 9.69. The fourth-order valence-corrected chi connectivity index (χ4v) is 3.59. The van der Waals surface area contributed by atoms with Crippen LogP contribution in [0.3, 0.4) is 0 Å². The maximum absolute atomic E-state index is 11.9. The van der Waals surface area contributed by atoms with Gasteiger partial charge in [0.05, 0.1) is 28.1 Å². The van der Waals surface area contributed by atoms with Crippen LogP contribution in [0.5, 0.6) is 0 Å². The molecule has 0 atom stereocenters. The van der Waals surface area contributed by atoms with Gasteiger partial charge in [-0.2, -0.15) is 5.10 Å². The van der Waals surface area contributed by atoms with Crippen molar-refractivity contribution in [2.24, 2.45) is 12.8 Å². The van der Waals surface area contributed by atoms with Gasteiger partial charge in [0, 0.05) is 13.6 Å². The predicted molar refractivity (Wildman–Crippen MR) is 80.9 cm³/mol. The van der Waals surface area contributed by atoms with E-state index in [9.17, 15) is 4.79 Å². The number of H-pyrrole nitrogens is 1. The van der Waals surface area contributed by atoms with Gasteiger partial charge in [0.25, 0.3) is 5.56 Å². The first-order valence-electron chi connectivity index (χ1n) is 5.99. The van der Waals surface area contributed by atoms with Crippen LogP contribution >= 0.6 is 23.1 Å². The Hall–Kier alpha value is -1.64. The number of thiophene rings is 1. The van der Waals surface area contributed by atoms with Crippen LogP contribution in [0.1, 0.15) is 11.5 Å². The molecule has 3 aromatic rings. The van der Waals surface area contributed by atoms with Crippen LogP contribution in [-0.2, 0) is 19.3 Å². The molecule has 0 aliphatic heterocycles. The van der Waals surface area contributed by atoms with Gasteiger partial charge in [-0.1, -0.05) is 0 Å². The maximum Gasteiger partial charge on any atom is 0.268 e. The fraction of sp³-hybridized carbons (Fsp3) is 0.250. The van der Waals surface area contributed by atoms with E-state index in [-0.39, 0.29) is 5.56 Å². The minimum atomic E-state index is -0.0779. The third-order valence-corrected chi connectivity index (χ3v) is 4.92. The summed E-state index contributed by atoms with van der Waals surface area (Å²) in [6.45, 7) is 0.437. The Morgan fingerprint density at radius 1 is 1.55 bits per heavy atom. The fourth-order valence-electron chi connectivity index (χ4n) is 1.93. The average Bonchev–Trinajstić information content (AvgIpc) is 3.03. The Kier molecular flexibility index (Phi) is 3.60. The number of nitrogens with zero attached hydrogens (tertiary/aromatic N) is 3. The first kappa shape index (κ1) is 13.3. The zero-order chi connectivity index (χ0) is 14.1. The number of nitrogens with one attached hydrogen (secondary N) is 1. The smallest absolute Gasteiger partial charge is 0.268 e. The second-order valence-corrected chi connectivity index (χ2v) is 6.15. The van der Waals surface area contributed by atoms with E-state index >= 15 is 0 Å². The molecule has 0 aromatic carbocycles. The Bertz CT molecular complexity index is 804. The molecule has 0 saturated carbocycles. The lowest BCUT2D eigenvalue weighted by molar-refractivity contribution is 0.707. The van der Waals surface area contributed by atoms with Crippen LogP contribution < -0.4 is 11.3 Å². The number of hydrogen-bond acceptors (Lipinski definition) is 6. The van der Waals surface area contributed by atoms with E-state index < -0.39 is 0 Å². The monoisotopic (exact) mass is 307 g/mol. The number of aryl methyl sites for hydroxylation is 1. The third kappa shape index (κ3) is 2.37. The number of fused-ring (bicyclic) bond motifs is 1. The number of rotatable bonds is 4. The van der Waals surface area contributed by atoms with Gasteiger partial charge in [-0.15, -0.1) is 23.1 Å². The van der Waals surface area contributed by atoms with Gasteiger partial charge >= 0.3 is 0 Å². The highest BCUT2D eigenvalue weighted by Crippen LogP contribution is 2.25. The van der Waals surface area contributed by atoms with Crippen LogP contribution in [0.15, 0.2) is 27.3 Å². The Morgan fingerprint density at radius 3 is 3.20 bits per heavy atom. The van der Waals surface area contributed by atoms with E-state index in [0.717, 1.165) is 16.1 Å². The normalized spacial score (nSPS) is 11.3. The van der Waals surface area contributed by atoms with Crippen LogP contribution in [0.25, 0.3) is 10.2 Å². The van der Waals surface area contributed by atoms with Crippen LogP contribution in [0, 0.1) is 0 Å². The number of aromatic nitrogens is 4. The molecule has 20 heavy (non-hydrogen) atoms. The molecule has 8 heteroatoms. The second-order valence-electron chi connectivity index (χ2n) is 4.22. The van der Waals surface area contributed by atoms with Crippen molar-refractivity contribution < 1.29 is 0 Å². The van der Waals surface area contributed by atoms with Crippen molar-refractivity contribution in [1.82, 2.24) is 19.7 Å². The highest BCUT2D eigenvalue weighted by Gasteiger charge is 2.10. The molecule has 3 heterocycles. The Labute approximate surface area is 123 Å². The molecule has 0 bridgehead atoms. The molecule has 0 spiro atoms. The van der Waals surface area contributed by atoms with Crippen molar-refractivity contribution in [3.63, 3.8) is 0 Å². The molecule has 6 nitrogen and oxygen atoms in total. The van der Waals surface area contributed by atoms with Crippen molar-refractivity contribution in [2.45, 2.75) is 17.2 Å². The predicted octanol–water partition coefficient (Wildman–Crippen LogP) is 1.47. The lowest BCUT2D eigenvalue weighted by Gasteiger charge is -2.03. The van der Waals surface area contributed by atoms with Crippen LogP contribution in [0.2, 0.25) is 0 Å². The summed E-state index contributed by atoms with van der Waals surface area (Å²) in [5.74, 6) is 1.25. The van der Waals surface area contributed by atoms with E-state index in [1.165, 1.54) is 11.3 Å². The van der Waals surface area contributed by atoms with Crippen molar-refractivity contribution in [1.29, 1.82) is 0 Å². The third-order valence-electron chi connectivity index (χ3n) is 2.94. The summed E-state index contributed by atoms with van der Waals surface area (Å²) in [4.78, 5) is 20.1. The average molecular weight is 307 g/mol. The summed E-state index contributed by atoms with van der Waals surface area (Å²) in [6, 6.07) is 1.86. The molecule has 0 unspecified atom stereocenters. The SMILES string of the molecule is Cn1ncc(SCc2nc3ccsc3c(=O)[nH]2)c1CN. The number of thioether (sulfide) groups is 1. The van der Waals surface area contributed by atoms with E-state index in [1.54, 1.807) is 22.6 Å².